The van der Waals surface area contributed by atoms with E-state index >= 15 is 0 Å². The molecule has 0 bridgehead atoms. The molecule has 1 aliphatic rings. The van der Waals surface area contributed by atoms with Crippen LogP contribution < -0.4 is 5.32 Å². The Morgan fingerprint density at radius 2 is 2.37 bits per heavy atom. The predicted molar refractivity (Wildman–Crippen MR) is 79.9 cm³/mol. The average Bonchev–Trinajstić information content (AvgIpc) is 2.37. The van der Waals surface area contributed by atoms with Crippen molar-refractivity contribution in [2.45, 2.75) is 38.2 Å². The fourth-order valence-electron chi connectivity index (χ4n) is 2.78. The lowest BCUT2D eigenvalue weighted by atomic mass is 9.79. The maximum Gasteiger partial charge on any atom is 0.0992 e. The molecule has 0 amide bonds. The Morgan fingerprint density at radius 3 is 3.00 bits per heavy atom. The highest BCUT2D eigenvalue weighted by molar-refractivity contribution is 9.10. The van der Waals surface area contributed by atoms with E-state index in [0.29, 0.717) is 18.0 Å². The highest BCUT2D eigenvalue weighted by Crippen LogP contribution is 2.33. The normalized spacial score (nSPS) is 26.7. The molecule has 1 aromatic carbocycles. The lowest BCUT2D eigenvalue weighted by Gasteiger charge is -2.36. The molecule has 0 aromatic heterocycles. The molecule has 0 spiro atoms. The van der Waals surface area contributed by atoms with Crippen molar-refractivity contribution < 1.29 is 5.11 Å². The van der Waals surface area contributed by atoms with Gasteiger partial charge in [0, 0.05) is 16.7 Å². The minimum atomic E-state index is -0.606. The van der Waals surface area contributed by atoms with E-state index in [2.05, 4.69) is 34.2 Å². The molecule has 2 rings (SSSR count). The van der Waals surface area contributed by atoms with Gasteiger partial charge in [-0.2, -0.15) is 5.26 Å². The minimum absolute atomic E-state index is 0.557. The first-order valence-corrected chi connectivity index (χ1v) is 7.48. The highest BCUT2D eigenvalue weighted by atomic mass is 79.9. The van der Waals surface area contributed by atoms with Crippen LogP contribution in [0.15, 0.2) is 22.7 Å². The van der Waals surface area contributed by atoms with Gasteiger partial charge in [-0.3, -0.25) is 0 Å². The van der Waals surface area contributed by atoms with Crippen molar-refractivity contribution >= 4 is 21.6 Å². The summed E-state index contributed by atoms with van der Waals surface area (Å²) in [6, 6.07) is 7.55. The van der Waals surface area contributed by atoms with Crippen molar-refractivity contribution in [3.63, 3.8) is 0 Å². The van der Waals surface area contributed by atoms with Gasteiger partial charge in [-0.25, -0.2) is 0 Å². The molecule has 19 heavy (non-hydrogen) atoms. The van der Waals surface area contributed by atoms with Gasteiger partial charge in [0.2, 0.25) is 0 Å². The van der Waals surface area contributed by atoms with Gasteiger partial charge in [-0.05, 0) is 52.9 Å². The molecule has 2 N–H and O–H groups in total. The van der Waals surface area contributed by atoms with E-state index in [1.54, 1.807) is 12.1 Å². The van der Waals surface area contributed by atoms with Gasteiger partial charge in [0.1, 0.15) is 0 Å². The number of nitrogens with zero attached hydrogens (tertiary/aromatic N) is 1. The van der Waals surface area contributed by atoms with E-state index in [1.165, 1.54) is 6.42 Å². The molecule has 0 aliphatic heterocycles. The summed E-state index contributed by atoms with van der Waals surface area (Å²) < 4.78 is 0.860. The van der Waals surface area contributed by atoms with Crippen LogP contribution in [0.25, 0.3) is 0 Å². The Morgan fingerprint density at radius 1 is 1.58 bits per heavy atom. The largest absolute Gasteiger partial charge is 0.388 e. The number of benzene rings is 1. The van der Waals surface area contributed by atoms with Crippen molar-refractivity contribution in [3.05, 3.63) is 28.2 Å². The van der Waals surface area contributed by atoms with Crippen LogP contribution >= 0.6 is 15.9 Å². The van der Waals surface area contributed by atoms with Gasteiger partial charge < -0.3 is 10.4 Å². The van der Waals surface area contributed by atoms with Crippen molar-refractivity contribution in [3.8, 4) is 6.07 Å². The summed E-state index contributed by atoms with van der Waals surface area (Å²) in [4.78, 5) is 0. The minimum Gasteiger partial charge on any atom is -0.388 e. The predicted octanol–water partition coefficient (Wildman–Crippen LogP) is 3.67. The molecule has 3 nitrogen and oxygen atoms in total. The molecule has 2 unspecified atom stereocenters. The van der Waals surface area contributed by atoms with Crippen molar-refractivity contribution in [1.82, 2.24) is 0 Å². The van der Waals surface area contributed by atoms with Crippen LogP contribution in [0.1, 0.15) is 38.2 Å². The third-order valence-corrected chi connectivity index (χ3v) is 4.43. The van der Waals surface area contributed by atoms with Gasteiger partial charge in [0.25, 0.3) is 0 Å². The van der Waals surface area contributed by atoms with Crippen LogP contribution in [0.2, 0.25) is 0 Å². The number of nitriles is 1. The summed E-state index contributed by atoms with van der Waals surface area (Å²) in [7, 11) is 0. The Kier molecular flexibility index (Phi) is 4.49. The Hall–Kier alpha value is -1.05. The first-order valence-electron chi connectivity index (χ1n) is 6.68. The fourth-order valence-corrected chi connectivity index (χ4v) is 3.30. The lowest BCUT2D eigenvalue weighted by Crippen LogP contribution is -2.41. The summed E-state index contributed by atoms with van der Waals surface area (Å²) in [6.45, 7) is 2.75. The molecule has 0 heterocycles. The lowest BCUT2D eigenvalue weighted by molar-refractivity contribution is -0.000770. The topological polar surface area (TPSA) is 56.0 Å². The highest BCUT2D eigenvalue weighted by Gasteiger charge is 2.32. The smallest absolute Gasteiger partial charge is 0.0992 e. The molecule has 1 aromatic rings. The number of rotatable bonds is 3. The molecule has 1 fully saturated rings. The van der Waals surface area contributed by atoms with Crippen LogP contribution in [0.5, 0.6) is 0 Å². The van der Waals surface area contributed by atoms with Gasteiger partial charge >= 0.3 is 0 Å². The second-order valence-corrected chi connectivity index (χ2v) is 6.44. The Bertz CT molecular complexity index is 497. The van der Waals surface area contributed by atoms with Crippen LogP contribution in [-0.2, 0) is 0 Å². The molecule has 1 aliphatic carbocycles. The summed E-state index contributed by atoms with van der Waals surface area (Å²) in [5, 5.41) is 22.7. The van der Waals surface area contributed by atoms with Gasteiger partial charge in [0.15, 0.2) is 0 Å². The number of hydrogen-bond donors (Lipinski definition) is 2. The zero-order valence-corrected chi connectivity index (χ0v) is 12.7. The molecule has 2 atom stereocenters. The number of aliphatic hydroxyl groups is 1. The Balaban J connectivity index is 2.00. The molecule has 0 radical (unpaired) electrons. The van der Waals surface area contributed by atoms with E-state index in [4.69, 9.17) is 5.26 Å². The first kappa shape index (κ1) is 14.4. The quantitative estimate of drug-likeness (QED) is 0.892. The maximum absolute atomic E-state index is 10.6. The van der Waals surface area contributed by atoms with E-state index in [-0.39, 0.29) is 0 Å². The number of halogens is 1. The van der Waals surface area contributed by atoms with E-state index in [9.17, 15) is 5.11 Å². The average molecular weight is 323 g/mol. The second kappa shape index (κ2) is 5.94. The molecule has 4 heteroatoms. The SMILES string of the molecule is CC1CCCC(O)(CNc2ccc(C#N)cc2Br)C1. The first-order chi connectivity index (χ1) is 9.02. The van der Waals surface area contributed by atoms with E-state index < -0.39 is 5.60 Å². The molecular weight excluding hydrogens is 304 g/mol. The van der Waals surface area contributed by atoms with Crippen molar-refractivity contribution in [2.75, 3.05) is 11.9 Å². The third-order valence-electron chi connectivity index (χ3n) is 3.77. The standard InChI is InChI=1S/C15H19BrN2O/c1-11-3-2-6-15(19,8-11)10-18-14-5-4-12(9-17)7-13(14)16/h4-5,7,11,18-19H,2-3,6,8,10H2,1H3. The van der Waals surface area contributed by atoms with E-state index in [0.717, 1.165) is 29.4 Å². The van der Waals surface area contributed by atoms with Crippen LogP contribution in [0.4, 0.5) is 5.69 Å². The van der Waals surface area contributed by atoms with Gasteiger partial charge in [-0.15, -0.1) is 0 Å². The number of hydrogen-bond acceptors (Lipinski definition) is 3. The zero-order valence-electron chi connectivity index (χ0n) is 11.1. The van der Waals surface area contributed by atoms with Gasteiger partial charge in [-0.1, -0.05) is 19.8 Å². The van der Waals surface area contributed by atoms with Gasteiger partial charge in [0.05, 0.1) is 17.2 Å². The van der Waals surface area contributed by atoms with Crippen LogP contribution in [0.3, 0.4) is 0 Å². The summed E-state index contributed by atoms with van der Waals surface area (Å²) >= 11 is 3.45. The van der Waals surface area contributed by atoms with Crippen molar-refractivity contribution in [1.29, 1.82) is 5.26 Å². The number of anilines is 1. The monoisotopic (exact) mass is 322 g/mol. The molecule has 102 valence electrons. The van der Waals surface area contributed by atoms with Crippen LogP contribution in [-0.4, -0.2) is 17.3 Å². The molecule has 0 saturated heterocycles. The molecular formula is C15H19BrN2O. The van der Waals surface area contributed by atoms with Crippen molar-refractivity contribution in [2.24, 2.45) is 5.92 Å². The zero-order chi connectivity index (χ0) is 13.9. The molecule has 1 saturated carbocycles. The summed E-state index contributed by atoms with van der Waals surface area (Å²) in [5.74, 6) is 0.588. The van der Waals surface area contributed by atoms with Crippen LogP contribution in [0, 0.1) is 17.2 Å². The fraction of sp³-hybridized carbons (Fsp3) is 0.533. The Labute approximate surface area is 122 Å². The number of nitrogens with one attached hydrogen (secondary N) is 1. The second-order valence-electron chi connectivity index (χ2n) is 5.59. The van der Waals surface area contributed by atoms with E-state index in [1.807, 2.05) is 6.07 Å². The summed E-state index contributed by atoms with van der Waals surface area (Å²) in [5.41, 5.74) is 0.943. The maximum atomic E-state index is 10.6. The third kappa shape index (κ3) is 3.71. The summed E-state index contributed by atoms with van der Waals surface area (Å²) in [6.07, 6.45) is 4.02.